The van der Waals surface area contributed by atoms with Gasteiger partial charge in [-0.15, -0.1) is 24.0 Å². The lowest BCUT2D eigenvalue weighted by Gasteiger charge is -1.99. The number of benzene rings is 1. The van der Waals surface area contributed by atoms with Crippen LogP contribution in [0, 0.1) is 5.95 Å². The number of thiazole rings is 1. The topological polar surface area (TPSA) is 17.3 Å². The van der Waals surface area contributed by atoms with Gasteiger partial charge in [0, 0.05) is 5.38 Å². The molecule has 3 rings (SSSR count). The monoisotopic (exact) mass is 250 g/mol. The highest BCUT2D eigenvalue weighted by molar-refractivity contribution is 7.80. The fourth-order valence-corrected chi connectivity index (χ4v) is 2.84. The van der Waals surface area contributed by atoms with Gasteiger partial charge in [0.05, 0.1) is 5.69 Å². The zero-order valence-corrected chi connectivity index (χ0v) is 9.80. The van der Waals surface area contributed by atoms with Gasteiger partial charge < -0.3 is 0 Å². The number of rotatable bonds is 1. The van der Waals surface area contributed by atoms with Gasteiger partial charge in [0.15, 0.2) is 4.96 Å². The van der Waals surface area contributed by atoms with E-state index in [9.17, 15) is 4.39 Å². The second kappa shape index (κ2) is 3.61. The molecule has 0 aliphatic heterocycles. The van der Waals surface area contributed by atoms with E-state index >= 15 is 0 Å². The van der Waals surface area contributed by atoms with E-state index in [4.69, 9.17) is 0 Å². The van der Waals surface area contributed by atoms with Crippen molar-refractivity contribution in [2.45, 2.75) is 5.03 Å². The van der Waals surface area contributed by atoms with E-state index < -0.39 is 5.95 Å². The normalized spacial score (nSPS) is 11.1. The molecule has 0 amide bonds. The minimum absolute atomic E-state index is 0.259. The Bertz CT molecular complexity index is 643. The summed E-state index contributed by atoms with van der Waals surface area (Å²) in [5.74, 6) is -0.521. The predicted molar refractivity (Wildman–Crippen MR) is 65.7 cm³/mol. The summed E-state index contributed by atoms with van der Waals surface area (Å²) in [7, 11) is 0. The highest BCUT2D eigenvalue weighted by Gasteiger charge is 2.14. The summed E-state index contributed by atoms with van der Waals surface area (Å²) in [6, 6.07) is 9.80. The maximum atomic E-state index is 13.3. The van der Waals surface area contributed by atoms with Crippen molar-refractivity contribution in [3.8, 4) is 11.3 Å². The molecule has 0 bridgehead atoms. The van der Waals surface area contributed by atoms with Crippen molar-refractivity contribution in [1.82, 2.24) is 9.38 Å². The molecule has 2 nitrogen and oxygen atoms in total. The number of nitrogens with zero attached hydrogens (tertiary/aromatic N) is 2. The summed E-state index contributed by atoms with van der Waals surface area (Å²) in [6.07, 6.45) is 0. The van der Waals surface area contributed by atoms with Crippen LogP contribution >= 0.6 is 24.0 Å². The molecule has 80 valence electrons. The molecule has 0 saturated carbocycles. The van der Waals surface area contributed by atoms with Crippen molar-refractivity contribution in [2.75, 3.05) is 0 Å². The van der Waals surface area contributed by atoms with E-state index in [1.54, 1.807) is 4.40 Å². The molecule has 5 heteroatoms. The number of fused-ring (bicyclic) bond motifs is 1. The van der Waals surface area contributed by atoms with Gasteiger partial charge in [-0.2, -0.15) is 9.37 Å². The van der Waals surface area contributed by atoms with Gasteiger partial charge in [-0.25, -0.2) is 0 Å². The Hall–Kier alpha value is -1.33. The third kappa shape index (κ3) is 1.36. The fraction of sp³-hybridized carbons (Fsp3) is 0. The average molecular weight is 250 g/mol. The first-order valence-electron chi connectivity index (χ1n) is 4.67. The van der Waals surface area contributed by atoms with E-state index in [0.717, 1.165) is 11.3 Å². The van der Waals surface area contributed by atoms with Crippen LogP contribution in [0.2, 0.25) is 0 Å². The largest absolute Gasteiger partial charge is 0.275 e. The first-order valence-corrected chi connectivity index (χ1v) is 6.00. The van der Waals surface area contributed by atoms with E-state index in [-0.39, 0.29) is 5.03 Å². The van der Waals surface area contributed by atoms with Gasteiger partial charge in [-0.1, -0.05) is 30.3 Å². The second-order valence-corrected chi connectivity index (χ2v) is 4.59. The van der Waals surface area contributed by atoms with Crippen molar-refractivity contribution >= 4 is 28.9 Å². The Morgan fingerprint density at radius 3 is 2.75 bits per heavy atom. The Morgan fingerprint density at radius 1 is 1.25 bits per heavy atom. The molecule has 2 heterocycles. The highest BCUT2D eigenvalue weighted by atomic mass is 32.1. The van der Waals surface area contributed by atoms with Gasteiger partial charge in [0.1, 0.15) is 5.03 Å². The molecule has 0 aliphatic carbocycles. The summed E-state index contributed by atoms with van der Waals surface area (Å²) < 4.78 is 15.0. The van der Waals surface area contributed by atoms with Crippen LogP contribution in [0.15, 0.2) is 40.7 Å². The van der Waals surface area contributed by atoms with Gasteiger partial charge in [0.25, 0.3) is 0 Å². The molecule has 0 aliphatic rings. The summed E-state index contributed by atoms with van der Waals surface area (Å²) in [5, 5.41) is 2.21. The van der Waals surface area contributed by atoms with Crippen molar-refractivity contribution in [2.24, 2.45) is 0 Å². The molecule has 0 unspecified atom stereocenters. The molecule has 0 fully saturated rings. The zero-order valence-electron chi connectivity index (χ0n) is 8.09. The van der Waals surface area contributed by atoms with E-state index in [1.807, 2.05) is 35.7 Å². The fourth-order valence-electron chi connectivity index (χ4n) is 1.63. The first kappa shape index (κ1) is 9.86. The zero-order chi connectivity index (χ0) is 11.1. The standard InChI is InChI=1S/C11H7FN2S2/c12-9-10(15)14-8(6-16-11(14)13-9)7-4-2-1-3-5-7/h1-6,15H. The van der Waals surface area contributed by atoms with Gasteiger partial charge >= 0.3 is 0 Å². The maximum Gasteiger partial charge on any atom is 0.246 e. The van der Waals surface area contributed by atoms with Gasteiger partial charge in [-0.3, -0.25) is 4.40 Å². The van der Waals surface area contributed by atoms with Crippen LogP contribution in [0.1, 0.15) is 0 Å². The summed E-state index contributed by atoms with van der Waals surface area (Å²) in [6.45, 7) is 0. The van der Waals surface area contributed by atoms with Crippen LogP contribution in [0.5, 0.6) is 0 Å². The molecular weight excluding hydrogens is 243 g/mol. The van der Waals surface area contributed by atoms with Gasteiger partial charge in [-0.05, 0) is 5.56 Å². The third-order valence-corrected chi connectivity index (χ3v) is 3.58. The van der Waals surface area contributed by atoms with Crippen LogP contribution in [-0.4, -0.2) is 9.38 Å². The SMILES string of the molecule is Fc1nc2scc(-c3ccccc3)n2c1S. The molecule has 1 aromatic carbocycles. The Labute approximate surface area is 101 Å². The van der Waals surface area contributed by atoms with Crippen LogP contribution < -0.4 is 0 Å². The Morgan fingerprint density at radius 2 is 2.00 bits per heavy atom. The summed E-state index contributed by atoms with van der Waals surface area (Å²) in [5.41, 5.74) is 1.95. The Balaban J connectivity index is 2.32. The predicted octanol–water partition coefficient (Wildman–Crippen LogP) is 3.49. The van der Waals surface area contributed by atoms with Crippen molar-refractivity contribution in [1.29, 1.82) is 0 Å². The van der Waals surface area contributed by atoms with Crippen molar-refractivity contribution < 1.29 is 4.39 Å². The minimum Gasteiger partial charge on any atom is -0.275 e. The number of thiol groups is 1. The van der Waals surface area contributed by atoms with Gasteiger partial charge in [0.2, 0.25) is 5.95 Å². The second-order valence-electron chi connectivity index (χ2n) is 3.33. The molecular formula is C11H7FN2S2. The molecule has 0 radical (unpaired) electrons. The lowest BCUT2D eigenvalue weighted by molar-refractivity contribution is 0.563. The molecule has 16 heavy (non-hydrogen) atoms. The number of hydrogen-bond acceptors (Lipinski definition) is 3. The van der Waals surface area contributed by atoms with E-state index in [1.165, 1.54) is 11.3 Å². The average Bonchev–Trinajstić information content (AvgIpc) is 2.83. The maximum absolute atomic E-state index is 13.3. The molecule has 0 atom stereocenters. The number of imidazole rings is 1. The van der Waals surface area contributed by atoms with Crippen LogP contribution in [0.25, 0.3) is 16.2 Å². The highest BCUT2D eigenvalue weighted by Crippen LogP contribution is 2.29. The molecule has 2 aromatic heterocycles. The summed E-state index contributed by atoms with van der Waals surface area (Å²) in [4.78, 5) is 4.42. The van der Waals surface area contributed by atoms with Crippen LogP contribution in [0.4, 0.5) is 4.39 Å². The third-order valence-electron chi connectivity index (χ3n) is 2.37. The summed E-state index contributed by atoms with van der Waals surface area (Å²) >= 11 is 5.54. The molecule has 3 aromatic rings. The minimum atomic E-state index is -0.521. The number of hydrogen-bond donors (Lipinski definition) is 1. The lowest BCUT2D eigenvalue weighted by atomic mass is 10.2. The lowest BCUT2D eigenvalue weighted by Crippen LogP contribution is -1.86. The molecule has 0 N–H and O–H groups in total. The molecule has 0 saturated heterocycles. The van der Waals surface area contributed by atoms with Crippen LogP contribution in [0.3, 0.4) is 0 Å². The van der Waals surface area contributed by atoms with E-state index in [2.05, 4.69) is 17.6 Å². The number of aromatic nitrogens is 2. The van der Waals surface area contributed by atoms with Crippen LogP contribution in [-0.2, 0) is 0 Å². The van der Waals surface area contributed by atoms with Crippen molar-refractivity contribution in [3.63, 3.8) is 0 Å². The quantitative estimate of drug-likeness (QED) is 0.654. The Kier molecular flexibility index (Phi) is 2.22. The number of halogens is 1. The molecule has 0 spiro atoms. The van der Waals surface area contributed by atoms with E-state index in [0.29, 0.717) is 4.96 Å². The smallest absolute Gasteiger partial charge is 0.246 e. The van der Waals surface area contributed by atoms with Crippen molar-refractivity contribution in [3.05, 3.63) is 41.7 Å². The first-order chi connectivity index (χ1) is 7.77.